The molecule has 4 rings (SSSR count). The van der Waals surface area contributed by atoms with Gasteiger partial charge in [-0.25, -0.2) is 8.42 Å². The molecule has 3 aromatic rings. The van der Waals surface area contributed by atoms with Crippen LogP contribution in [0.25, 0.3) is 0 Å². The van der Waals surface area contributed by atoms with E-state index in [1.807, 2.05) is 49.4 Å². The topological polar surface area (TPSA) is 66.5 Å². The van der Waals surface area contributed by atoms with Crippen LogP contribution >= 0.6 is 0 Å². The van der Waals surface area contributed by atoms with Crippen molar-refractivity contribution in [2.75, 3.05) is 10.8 Å². The van der Waals surface area contributed by atoms with Gasteiger partial charge in [0.2, 0.25) is 0 Å². The SMILES string of the molecule is CC(CCc1ccccc1)NC(=O)c1cccc(S(=O)(=O)N2CCc3ccccc32)c1. The number of nitrogens with zero attached hydrogens (tertiary/aromatic N) is 1. The molecular weight excluding hydrogens is 408 g/mol. The molecule has 1 unspecified atom stereocenters. The van der Waals surface area contributed by atoms with E-state index in [1.165, 1.54) is 15.9 Å². The van der Waals surface area contributed by atoms with Gasteiger partial charge in [0.05, 0.1) is 10.6 Å². The van der Waals surface area contributed by atoms with Crippen LogP contribution in [0.4, 0.5) is 5.69 Å². The Morgan fingerprint density at radius 2 is 1.74 bits per heavy atom. The molecule has 1 atom stereocenters. The number of anilines is 1. The molecule has 0 saturated carbocycles. The molecule has 1 heterocycles. The first-order valence-corrected chi connectivity index (χ1v) is 11.9. The summed E-state index contributed by atoms with van der Waals surface area (Å²) >= 11 is 0. The molecule has 1 amide bonds. The molecule has 0 spiro atoms. The number of aryl methyl sites for hydroxylation is 1. The summed E-state index contributed by atoms with van der Waals surface area (Å²) in [6.45, 7) is 2.37. The number of sulfonamides is 1. The van der Waals surface area contributed by atoms with Crippen LogP contribution in [0, 0.1) is 0 Å². The molecule has 160 valence electrons. The molecule has 0 radical (unpaired) electrons. The Morgan fingerprint density at radius 3 is 2.55 bits per heavy atom. The first-order valence-electron chi connectivity index (χ1n) is 10.5. The molecule has 0 fully saturated rings. The minimum atomic E-state index is -3.73. The summed E-state index contributed by atoms with van der Waals surface area (Å²) in [5.74, 6) is -0.264. The van der Waals surface area contributed by atoms with Gasteiger partial charge >= 0.3 is 0 Å². The van der Waals surface area contributed by atoms with Gasteiger partial charge in [0.25, 0.3) is 15.9 Å². The van der Waals surface area contributed by atoms with Gasteiger partial charge in [-0.2, -0.15) is 0 Å². The lowest BCUT2D eigenvalue weighted by atomic mass is 10.1. The van der Waals surface area contributed by atoms with Crippen LogP contribution < -0.4 is 9.62 Å². The van der Waals surface area contributed by atoms with Crippen LogP contribution in [0.5, 0.6) is 0 Å². The number of fused-ring (bicyclic) bond motifs is 1. The third kappa shape index (κ3) is 4.64. The highest BCUT2D eigenvalue weighted by molar-refractivity contribution is 7.92. The zero-order valence-corrected chi connectivity index (χ0v) is 18.3. The van der Waals surface area contributed by atoms with Crippen molar-refractivity contribution in [3.8, 4) is 0 Å². The van der Waals surface area contributed by atoms with Gasteiger partial charge in [-0.1, -0.05) is 54.6 Å². The van der Waals surface area contributed by atoms with Crippen molar-refractivity contribution in [2.24, 2.45) is 0 Å². The molecule has 1 aliphatic rings. The predicted molar refractivity (Wildman–Crippen MR) is 123 cm³/mol. The molecule has 5 nitrogen and oxygen atoms in total. The van der Waals surface area contributed by atoms with Gasteiger partial charge in [-0.05, 0) is 61.6 Å². The first-order chi connectivity index (χ1) is 14.9. The Bertz CT molecular complexity index is 1180. The fourth-order valence-corrected chi connectivity index (χ4v) is 5.44. The van der Waals surface area contributed by atoms with Gasteiger partial charge in [-0.3, -0.25) is 9.10 Å². The Hall–Kier alpha value is -3.12. The fourth-order valence-electron chi connectivity index (χ4n) is 3.89. The van der Waals surface area contributed by atoms with E-state index in [0.717, 1.165) is 18.4 Å². The average Bonchev–Trinajstić information content (AvgIpc) is 3.23. The fraction of sp³-hybridized carbons (Fsp3) is 0.240. The minimum absolute atomic E-state index is 0.0292. The normalized spacial score (nSPS) is 14.2. The number of carbonyl (C=O) groups is 1. The quantitative estimate of drug-likeness (QED) is 0.606. The highest BCUT2D eigenvalue weighted by atomic mass is 32.2. The van der Waals surface area contributed by atoms with Crippen LogP contribution in [-0.4, -0.2) is 26.9 Å². The summed E-state index contributed by atoms with van der Waals surface area (Å²) in [5, 5.41) is 2.98. The minimum Gasteiger partial charge on any atom is -0.350 e. The maximum Gasteiger partial charge on any atom is 0.264 e. The van der Waals surface area contributed by atoms with Crippen molar-refractivity contribution >= 4 is 21.6 Å². The lowest BCUT2D eigenvalue weighted by Crippen LogP contribution is -2.33. The lowest BCUT2D eigenvalue weighted by molar-refractivity contribution is 0.0938. The summed E-state index contributed by atoms with van der Waals surface area (Å²) in [5.41, 5.74) is 3.31. The molecule has 31 heavy (non-hydrogen) atoms. The van der Waals surface area contributed by atoms with Crippen molar-refractivity contribution in [3.63, 3.8) is 0 Å². The first kappa shape index (κ1) is 21.1. The van der Waals surface area contributed by atoms with Gasteiger partial charge in [-0.15, -0.1) is 0 Å². The Labute approximate surface area is 183 Å². The number of nitrogens with one attached hydrogen (secondary N) is 1. The van der Waals surface area contributed by atoms with Crippen LogP contribution in [-0.2, 0) is 22.9 Å². The molecule has 0 aliphatic carbocycles. The molecule has 1 N–H and O–H groups in total. The zero-order valence-electron chi connectivity index (χ0n) is 17.5. The molecule has 1 aliphatic heterocycles. The van der Waals surface area contributed by atoms with Crippen molar-refractivity contribution in [3.05, 3.63) is 95.6 Å². The van der Waals surface area contributed by atoms with Gasteiger partial charge < -0.3 is 5.32 Å². The summed E-state index contributed by atoms with van der Waals surface area (Å²) in [6.07, 6.45) is 2.36. The van der Waals surface area contributed by atoms with Gasteiger partial charge in [0.1, 0.15) is 0 Å². The molecular formula is C25H26N2O3S. The summed E-state index contributed by atoms with van der Waals surface area (Å²) in [7, 11) is -3.73. The van der Waals surface area contributed by atoms with Gasteiger partial charge in [0, 0.05) is 18.2 Å². The second-order valence-corrected chi connectivity index (χ2v) is 9.74. The van der Waals surface area contributed by atoms with E-state index in [9.17, 15) is 13.2 Å². The number of benzene rings is 3. The number of amides is 1. The highest BCUT2D eigenvalue weighted by Gasteiger charge is 2.31. The molecule has 0 bridgehead atoms. The van der Waals surface area contributed by atoms with E-state index in [2.05, 4.69) is 17.4 Å². The molecule has 0 saturated heterocycles. The van der Waals surface area contributed by atoms with E-state index in [0.29, 0.717) is 24.2 Å². The maximum atomic E-state index is 13.2. The number of hydrogen-bond donors (Lipinski definition) is 1. The second-order valence-electron chi connectivity index (χ2n) is 7.88. The lowest BCUT2D eigenvalue weighted by Gasteiger charge is -2.20. The van der Waals surface area contributed by atoms with Crippen LogP contribution in [0.1, 0.15) is 34.8 Å². The van der Waals surface area contributed by atoms with E-state index in [1.54, 1.807) is 18.2 Å². The maximum absolute atomic E-state index is 13.2. The van der Waals surface area contributed by atoms with E-state index in [-0.39, 0.29) is 16.8 Å². The second kappa shape index (κ2) is 8.94. The van der Waals surface area contributed by atoms with Crippen LogP contribution in [0.15, 0.2) is 83.8 Å². The molecule has 3 aromatic carbocycles. The highest BCUT2D eigenvalue weighted by Crippen LogP contribution is 2.32. The third-order valence-corrected chi connectivity index (χ3v) is 7.42. The van der Waals surface area contributed by atoms with Crippen molar-refractivity contribution in [1.82, 2.24) is 5.32 Å². The van der Waals surface area contributed by atoms with Crippen LogP contribution in [0.3, 0.4) is 0 Å². The zero-order chi connectivity index (χ0) is 21.8. The smallest absolute Gasteiger partial charge is 0.264 e. The number of rotatable bonds is 7. The van der Waals surface area contributed by atoms with Crippen LogP contribution in [0.2, 0.25) is 0 Å². The van der Waals surface area contributed by atoms with Crippen molar-refractivity contribution in [2.45, 2.75) is 37.1 Å². The Balaban J connectivity index is 1.46. The Morgan fingerprint density at radius 1 is 1.00 bits per heavy atom. The monoisotopic (exact) mass is 434 g/mol. The van der Waals surface area contributed by atoms with Crippen molar-refractivity contribution in [1.29, 1.82) is 0 Å². The molecule has 6 heteroatoms. The standard InChI is InChI=1S/C25H26N2O3S/c1-19(14-15-20-8-3-2-4-9-20)26-25(28)22-11-7-12-23(18-22)31(29,30)27-17-16-21-10-5-6-13-24(21)27/h2-13,18-19H,14-17H2,1H3,(H,26,28). The predicted octanol–water partition coefficient (Wildman–Crippen LogP) is 4.19. The number of carbonyl (C=O) groups excluding carboxylic acids is 1. The van der Waals surface area contributed by atoms with E-state index in [4.69, 9.17) is 0 Å². The third-order valence-electron chi connectivity index (χ3n) is 5.62. The average molecular weight is 435 g/mol. The summed E-state index contributed by atoms with van der Waals surface area (Å²) < 4.78 is 27.9. The largest absolute Gasteiger partial charge is 0.350 e. The molecule has 0 aromatic heterocycles. The summed E-state index contributed by atoms with van der Waals surface area (Å²) in [4.78, 5) is 12.9. The van der Waals surface area contributed by atoms with Gasteiger partial charge in [0.15, 0.2) is 0 Å². The number of para-hydroxylation sites is 1. The van der Waals surface area contributed by atoms with E-state index < -0.39 is 10.0 Å². The summed E-state index contributed by atoms with van der Waals surface area (Å²) in [6, 6.07) is 23.9. The Kier molecular flexibility index (Phi) is 6.09. The van der Waals surface area contributed by atoms with E-state index >= 15 is 0 Å². The van der Waals surface area contributed by atoms with Crippen molar-refractivity contribution < 1.29 is 13.2 Å². The number of hydrogen-bond acceptors (Lipinski definition) is 3.